The SMILES string of the molecule is Cc1cc(-n2ncc3c(Cl)nc(C)nc32)ncn1. The molecular weight excluding hydrogens is 252 g/mol. The third-order valence-electron chi connectivity index (χ3n) is 2.50. The Morgan fingerprint density at radius 2 is 2.00 bits per heavy atom. The van der Waals surface area contributed by atoms with Gasteiger partial charge in [-0.25, -0.2) is 19.9 Å². The molecule has 0 aromatic carbocycles. The van der Waals surface area contributed by atoms with Gasteiger partial charge in [-0.3, -0.25) is 0 Å². The fourth-order valence-corrected chi connectivity index (χ4v) is 1.96. The van der Waals surface area contributed by atoms with Crippen molar-refractivity contribution < 1.29 is 0 Å². The molecule has 0 saturated carbocycles. The van der Waals surface area contributed by atoms with E-state index in [1.54, 1.807) is 17.8 Å². The van der Waals surface area contributed by atoms with Crippen LogP contribution in [0.1, 0.15) is 11.5 Å². The summed E-state index contributed by atoms with van der Waals surface area (Å²) in [4.78, 5) is 16.7. The Hall–Kier alpha value is -2.08. The smallest absolute Gasteiger partial charge is 0.169 e. The average molecular weight is 261 g/mol. The lowest BCUT2D eigenvalue weighted by atomic mass is 10.4. The Kier molecular flexibility index (Phi) is 2.45. The first-order valence-electron chi connectivity index (χ1n) is 5.32. The van der Waals surface area contributed by atoms with Crippen LogP contribution in [0, 0.1) is 13.8 Å². The second kappa shape index (κ2) is 3.99. The summed E-state index contributed by atoms with van der Waals surface area (Å²) in [5.74, 6) is 1.26. The van der Waals surface area contributed by atoms with Gasteiger partial charge in [-0.2, -0.15) is 9.78 Å². The molecule has 90 valence electrons. The van der Waals surface area contributed by atoms with Crippen molar-refractivity contribution in [3.8, 4) is 5.82 Å². The molecule has 0 N–H and O–H groups in total. The second-order valence-electron chi connectivity index (χ2n) is 3.87. The number of nitrogens with zero attached hydrogens (tertiary/aromatic N) is 6. The highest BCUT2D eigenvalue weighted by Crippen LogP contribution is 2.21. The molecule has 0 spiro atoms. The minimum absolute atomic E-state index is 0.398. The van der Waals surface area contributed by atoms with E-state index in [-0.39, 0.29) is 0 Å². The van der Waals surface area contributed by atoms with E-state index < -0.39 is 0 Å². The van der Waals surface area contributed by atoms with E-state index >= 15 is 0 Å². The van der Waals surface area contributed by atoms with Crippen LogP contribution in [0.4, 0.5) is 0 Å². The predicted octanol–water partition coefficient (Wildman–Crippen LogP) is 1.88. The fraction of sp³-hybridized carbons (Fsp3) is 0.182. The number of hydrogen-bond donors (Lipinski definition) is 0. The van der Waals surface area contributed by atoms with Crippen molar-refractivity contribution in [3.63, 3.8) is 0 Å². The molecule has 6 nitrogen and oxygen atoms in total. The standard InChI is InChI=1S/C11H9ClN6/c1-6-3-9(14-5-13-6)18-11-8(4-15-18)10(12)16-7(2)17-11/h3-5H,1-2H3. The van der Waals surface area contributed by atoms with Crippen LogP contribution in [0.3, 0.4) is 0 Å². The highest BCUT2D eigenvalue weighted by molar-refractivity contribution is 6.33. The van der Waals surface area contributed by atoms with E-state index in [2.05, 4.69) is 25.0 Å². The number of halogens is 1. The zero-order valence-electron chi connectivity index (χ0n) is 9.79. The van der Waals surface area contributed by atoms with E-state index in [1.165, 1.54) is 6.33 Å². The topological polar surface area (TPSA) is 69.4 Å². The van der Waals surface area contributed by atoms with Crippen LogP contribution in [-0.4, -0.2) is 29.7 Å². The van der Waals surface area contributed by atoms with Gasteiger partial charge >= 0.3 is 0 Å². The lowest BCUT2D eigenvalue weighted by Gasteiger charge is -2.02. The molecule has 0 amide bonds. The Morgan fingerprint density at radius 3 is 2.78 bits per heavy atom. The van der Waals surface area contributed by atoms with Crippen molar-refractivity contribution in [2.75, 3.05) is 0 Å². The van der Waals surface area contributed by atoms with Crippen LogP contribution in [0.2, 0.25) is 5.15 Å². The largest absolute Gasteiger partial charge is 0.242 e. The van der Waals surface area contributed by atoms with Gasteiger partial charge in [-0.05, 0) is 13.8 Å². The molecule has 3 aromatic rings. The molecule has 3 aromatic heterocycles. The first-order chi connectivity index (χ1) is 8.65. The monoisotopic (exact) mass is 260 g/mol. The van der Waals surface area contributed by atoms with Gasteiger partial charge in [0.05, 0.1) is 11.6 Å². The molecule has 0 aliphatic rings. The molecule has 0 aliphatic heterocycles. The maximum absolute atomic E-state index is 6.06. The minimum Gasteiger partial charge on any atom is -0.242 e. The molecule has 0 radical (unpaired) electrons. The predicted molar refractivity (Wildman–Crippen MR) is 66.7 cm³/mol. The van der Waals surface area contributed by atoms with Gasteiger partial charge in [-0.1, -0.05) is 11.6 Å². The van der Waals surface area contributed by atoms with Crippen LogP contribution in [0.5, 0.6) is 0 Å². The van der Waals surface area contributed by atoms with Crippen LogP contribution < -0.4 is 0 Å². The van der Waals surface area contributed by atoms with Crippen molar-refractivity contribution in [2.24, 2.45) is 0 Å². The number of fused-ring (bicyclic) bond motifs is 1. The molecule has 0 atom stereocenters. The van der Waals surface area contributed by atoms with Crippen molar-refractivity contribution in [1.82, 2.24) is 29.7 Å². The van der Waals surface area contributed by atoms with Gasteiger partial charge in [-0.15, -0.1) is 0 Å². The molecular formula is C11H9ClN6. The van der Waals surface area contributed by atoms with Crippen LogP contribution >= 0.6 is 11.6 Å². The lowest BCUT2D eigenvalue weighted by molar-refractivity contribution is 0.845. The third kappa shape index (κ3) is 1.70. The fourth-order valence-electron chi connectivity index (χ4n) is 1.70. The maximum atomic E-state index is 6.06. The van der Waals surface area contributed by atoms with Gasteiger partial charge in [0.15, 0.2) is 11.5 Å². The van der Waals surface area contributed by atoms with Crippen LogP contribution in [-0.2, 0) is 0 Å². The molecule has 0 unspecified atom stereocenters. The van der Waals surface area contributed by atoms with Crippen molar-refractivity contribution >= 4 is 22.6 Å². The van der Waals surface area contributed by atoms with Gasteiger partial charge in [0.1, 0.15) is 17.3 Å². The zero-order valence-corrected chi connectivity index (χ0v) is 10.5. The van der Waals surface area contributed by atoms with E-state index in [0.717, 1.165) is 5.69 Å². The summed E-state index contributed by atoms with van der Waals surface area (Å²) in [6, 6.07) is 1.83. The highest BCUT2D eigenvalue weighted by Gasteiger charge is 2.12. The quantitative estimate of drug-likeness (QED) is 0.625. The Morgan fingerprint density at radius 1 is 1.17 bits per heavy atom. The van der Waals surface area contributed by atoms with E-state index in [4.69, 9.17) is 11.6 Å². The summed E-state index contributed by atoms with van der Waals surface area (Å²) >= 11 is 6.06. The molecule has 3 rings (SSSR count). The summed E-state index contributed by atoms with van der Waals surface area (Å²) in [6.07, 6.45) is 3.13. The normalized spacial score (nSPS) is 11.1. The van der Waals surface area contributed by atoms with Crippen molar-refractivity contribution in [2.45, 2.75) is 13.8 Å². The van der Waals surface area contributed by atoms with Gasteiger partial charge < -0.3 is 0 Å². The second-order valence-corrected chi connectivity index (χ2v) is 4.23. The van der Waals surface area contributed by atoms with E-state index in [9.17, 15) is 0 Å². The molecule has 0 fully saturated rings. The minimum atomic E-state index is 0.398. The Balaban J connectivity index is 2.30. The van der Waals surface area contributed by atoms with Crippen molar-refractivity contribution in [3.05, 3.63) is 35.3 Å². The first-order valence-corrected chi connectivity index (χ1v) is 5.70. The summed E-state index contributed by atoms with van der Waals surface area (Å²) in [6.45, 7) is 3.68. The third-order valence-corrected chi connectivity index (χ3v) is 2.79. The number of rotatable bonds is 1. The van der Waals surface area contributed by atoms with E-state index in [0.29, 0.717) is 27.8 Å². The van der Waals surface area contributed by atoms with Crippen molar-refractivity contribution in [1.29, 1.82) is 0 Å². The molecule has 0 aliphatic carbocycles. The highest BCUT2D eigenvalue weighted by atomic mass is 35.5. The Bertz CT molecular complexity index is 735. The van der Waals surface area contributed by atoms with Crippen LogP contribution in [0.25, 0.3) is 16.9 Å². The first kappa shape index (κ1) is 11.0. The molecule has 0 saturated heterocycles. The van der Waals surface area contributed by atoms with Gasteiger partial charge in [0.25, 0.3) is 0 Å². The summed E-state index contributed by atoms with van der Waals surface area (Å²) < 4.78 is 1.63. The van der Waals surface area contributed by atoms with Gasteiger partial charge in [0.2, 0.25) is 0 Å². The molecule has 0 bridgehead atoms. The van der Waals surface area contributed by atoms with Crippen LogP contribution in [0.15, 0.2) is 18.6 Å². The molecule has 18 heavy (non-hydrogen) atoms. The zero-order chi connectivity index (χ0) is 12.7. The number of hydrogen-bond acceptors (Lipinski definition) is 5. The number of aromatic nitrogens is 6. The van der Waals surface area contributed by atoms with E-state index in [1.807, 2.05) is 13.0 Å². The Labute approximate surface area is 108 Å². The summed E-state index contributed by atoms with van der Waals surface area (Å²) in [7, 11) is 0. The molecule has 7 heteroatoms. The summed E-state index contributed by atoms with van der Waals surface area (Å²) in [5.41, 5.74) is 1.51. The van der Waals surface area contributed by atoms with Gasteiger partial charge in [0, 0.05) is 11.8 Å². The average Bonchev–Trinajstić information content (AvgIpc) is 2.72. The summed E-state index contributed by atoms with van der Waals surface area (Å²) in [5, 5.41) is 5.35. The lowest BCUT2D eigenvalue weighted by Crippen LogP contribution is -2.02. The molecule has 3 heterocycles. The maximum Gasteiger partial charge on any atom is 0.169 e. The number of aryl methyl sites for hydroxylation is 2.